The van der Waals surface area contributed by atoms with Crippen molar-refractivity contribution in [2.24, 2.45) is 5.14 Å². The maximum atomic E-state index is 14.2. The first-order valence-electron chi connectivity index (χ1n) is 7.78. The molecule has 7 heteroatoms. The first-order chi connectivity index (χ1) is 11.6. The minimum atomic E-state index is -4.02. The van der Waals surface area contributed by atoms with Gasteiger partial charge in [0, 0.05) is 12.6 Å². The van der Waals surface area contributed by atoms with Gasteiger partial charge in [-0.25, -0.2) is 17.9 Å². The SMILES string of the molecule is Cc1cccc(CN(C(=O)c2cc(S(N)(=O)=O)ccc2F)C(C)C)c1. The van der Waals surface area contributed by atoms with Gasteiger partial charge in [0.15, 0.2) is 0 Å². The zero-order chi connectivity index (χ0) is 18.8. The molecule has 0 saturated heterocycles. The van der Waals surface area contributed by atoms with E-state index in [4.69, 9.17) is 5.14 Å². The molecule has 0 aromatic heterocycles. The number of rotatable bonds is 5. The maximum absolute atomic E-state index is 14.2. The molecule has 2 aromatic rings. The Bertz CT molecular complexity index is 895. The highest BCUT2D eigenvalue weighted by Crippen LogP contribution is 2.19. The van der Waals surface area contributed by atoms with E-state index in [0.29, 0.717) is 0 Å². The van der Waals surface area contributed by atoms with Crippen LogP contribution in [0.15, 0.2) is 47.4 Å². The molecule has 0 unspecified atom stereocenters. The van der Waals surface area contributed by atoms with Crippen LogP contribution >= 0.6 is 0 Å². The molecule has 2 N–H and O–H groups in total. The lowest BCUT2D eigenvalue weighted by atomic mass is 10.1. The Hall–Kier alpha value is -2.25. The number of nitrogens with two attached hydrogens (primary N) is 1. The fourth-order valence-corrected chi connectivity index (χ4v) is 3.04. The maximum Gasteiger partial charge on any atom is 0.257 e. The zero-order valence-electron chi connectivity index (χ0n) is 14.4. The van der Waals surface area contributed by atoms with Crippen LogP contribution in [-0.2, 0) is 16.6 Å². The second kappa shape index (κ2) is 7.33. The number of nitrogens with zero attached hydrogens (tertiary/aromatic N) is 1. The number of primary sulfonamides is 1. The molecular weight excluding hydrogens is 343 g/mol. The lowest BCUT2D eigenvalue weighted by Crippen LogP contribution is -2.37. The predicted molar refractivity (Wildman–Crippen MR) is 94.0 cm³/mol. The van der Waals surface area contributed by atoms with Gasteiger partial charge in [-0.2, -0.15) is 0 Å². The summed E-state index contributed by atoms with van der Waals surface area (Å²) < 4.78 is 37.1. The Labute approximate surface area is 147 Å². The first kappa shape index (κ1) is 19.1. The number of benzene rings is 2. The van der Waals surface area contributed by atoms with Crippen LogP contribution in [0, 0.1) is 12.7 Å². The van der Waals surface area contributed by atoms with Gasteiger partial charge in [0.25, 0.3) is 5.91 Å². The van der Waals surface area contributed by atoms with Crippen LogP contribution in [0.4, 0.5) is 4.39 Å². The van der Waals surface area contributed by atoms with Crippen molar-refractivity contribution >= 4 is 15.9 Å². The molecule has 25 heavy (non-hydrogen) atoms. The van der Waals surface area contributed by atoms with Crippen molar-refractivity contribution in [2.75, 3.05) is 0 Å². The molecule has 1 amide bonds. The smallest absolute Gasteiger partial charge is 0.257 e. The van der Waals surface area contributed by atoms with Gasteiger partial charge in [0.05, 0.1) is 10.5 Å². The lowest BCUT2D eigenvalue weighted by Gasteiger charge is -2.27. The Morgan fingerprint density at radius 1 is 1.20 bits per heavy atom. The average molecular weight is 364 g/mol. The van der Waals surface area contributed by atoms with Gasteiger partial charge in [-0.3, -0.25) is 4.79 Å². The van der Waals surface area contributed by atoms with Crippen molar-refractivity contribution in [3.8, 4) is 0 Å². The topological polar surface area (TPSA) is 80.5 Å². The van der Waals surface area contributed by atoms with E-state index < -0.39 is 21.7 Å². The minimum Gasteiger partial charge on any atom is -0.332 e. The van der Waals surface area contributed by atoms with Crippen molar-refractivity contribution in [3.05, 3.63) is 65.0 Å². The molecule has 0 saturated carbocycles. The van der Waals surface area contributed by atoms with E-state index >= 15 is 0 Å². The summed E-state index contributed by atoms with van der Waals surface area (Å²) in [4.78, 5) is 14.0. The number of carbonyl (C=O) groups excluding carboxylic acids is 1. The quantitative estimate of drug-likeness (QED) is 0.886. The summed E-state index contributed by atoms with van der Waals surface area (Å²) in [6.45, 7) is 5.86. The van der Waals surface area contributed by atoms with E-state index in [0.717, 1.165) is 29.3 Å². The molecule has 134 valence electrons. The normalized spacial score (nSPS) is 11.6. The third-order valence-electron chi connectivity index (χ3n) is 3.82. The van der Waals surface area contributed by atoms with E-state index in [2.05, 4.69) is 0 Å². The Kier molecular flexibility index (Phi) is 5.59. The summed E-state index contributed by atoms with van der Waals surface area (Å²) in [6.07, 6.45) is 0. The number of carbonyl (C=O) groups is 1. The van der Waals surface area contributed by atoms with Crippen LogP contribution in [-0.4, -0.2) is 25.3 Å². The molecule has 2 aromatic carbocycles. The zero-order valence-corrected chi connectivity index (χ0v) is 15.2. The average Bonchev–Trinajstić information content (AvgIpc) is 2.51. The highest BCUT2D eigenvalue weighted by molar-refractivity contribution is 7.89. The van der Waals surface area contributed by atoms with Crippen molar-refractivity contribution in [2.45, 2.75) is 38.3 Å². The van der Waals surface area contributed by atoms with Crippen molar-refractivity contribution < 1.29 is 17.6 Å². The lowest BCUT2D eigenvalue weighted by molar-refractivity contribution is 0.0685. The van der Waals surface area contributed by atoms with E-state index in [1.54, 1.807) is 0 Å². The summed E-state index contributed by atoms with van der Waals surface area (Å²) in [6, 6.07) is 10.4. The fourth-order valence-electron chi connectivity index (χ4n) is 2.50. The number of hydrogen-bond acceptors (Lipinski definition) is 3. The van der Waals surface area contributed by atoms with E-state index in [9.17, 15) is 17.6 Å². The Balaban J connectivity index is 2.41. The van der Waals surface area contributed by atoms with E-state index in [1.807, 2.05) is 45.0 Å². The molecule has 0 atom stereocenters. The van der Waals surface area contributed by atoms with Crippen LogP contribution < -0.4 is 5.14 Å². The van der Waals surface area contributed by atoms with Crippen LogP contribution in [0.25, 0.3) is 0 Å². The summed E-state index contributed by atoms with van der Waals surface area (Å²) in [7, 11) is -4.02. The highest BCUT2D eigenvalue weighted by Gasteiger charge is 2.24. The Morgan fingerprint density at radius 3 is 2.44 bits per heavy atom. The highest BCUT2D eigenvalue weighted by atomic mass is 32.2. The Morgan fingerprint density at radius 2 is 1.88 bits per heavy atom. The second-order valence-electron chi connectivity index (χ2n) is 6.20. The molecule has 0 bridgehead atoms. The van der Waals surface area contributed by atoms with Crippen LogP contribution in [0.1, 0.15) is 35.3 Å². The van der Waals surface area contributed by atoms with Gasteiger partial charge >= 0.3 is 0 Å². The third kappa shape index (κ3) is 4.64. The number of amides is 1. The van der Waals surface area contributed by atoms with Gasteiger partial charge in [-0.1, -0.05) is 29.8 Å². The second-order valence-corrected chi connectivity index (χ2v) is 7.76. The number of halogens is 1. The number of aryl methyl sites for hydroxylation is 1. The van der Waals surface area contributed by atoms with Gasteiger partial charge in [-0.15, -0.1) is 0 Å². The molecule has 2 rings (SSSR count). The third-order valence-corrected chi connectivity index (χ3v) is 4.73. The molecule has 5 nitrogen and oxygen atoms in total. The summed E-state index contributed by atoms with van der Waals surface area (Å²) >= 11 is 0. The van der Waals surface area contributed by atoms with Crippen LogP contribution in [0.5, 0.6) is 0 Å². The standard InChI is InChI=1S/C18H21FN2O3S/c1-12(2)21(11-14-6-4-5-13(3)9-14)18(22)16-10-15(25(20,23)24)7-8-17(16)19/h4-10,12H,11H2,1-3H3,(H2,20,23,24). The molecule has 0 heterocycles. The molecular formula is C18H21FN2O3S. The monoisotopic (exact) mass is 364 g/mol. The van der Waals surface area contributed by atoms with E-state index in [1.165, 1.54) is 4.90 Å². The van der Waals surface area contributed by atoms with Gasteiger partial charge in [-0.05, 0) is 44.5 Å². The molecule has 0 aliphatic carbocycles. The van der Waals surface area contributed by atoms with Gasteiger partial charge in [0.1, 0.15) is 5.82 Å². The van der Waals surface area contributed by atoms with Crippen molar-refractivity contribution in [1.29, 1.82) is 0 Å². The minimum absolute atomic E-state index is 0.203. The van der Waals surface area contributed by atoms with Crippen LogP contribution in [0.3, 0.4) is 0 Å². The van der Waals surface area contributed by atoms with Gasteiger partial charge < -0.3 is 4.90 Å². The molecule has 0 aliphatic heterocycles. The molecule has 0 spiro atoms. The fraction of sp³-hybridized carbons (Fsp3) is 0.278. The number of hydrogen-bond donors (Lipinski definition) is 1. The van der Waals surface area contributed by atoms with Gasteiger partial charge in [0.2, 0.25) is 10.0 Å². The summed E-state index contributed by atoms with van der Waals surface area (Å²) in [5, 5.41) is 5.08. The molecule has 0 radical (unpaired) electrons. The summed E-state index contributed by atoms with van der Waals surface area (Å²) in [5.74, 6) is -1.37. The number of sulfonamides is 1. The molecule has 0 fully saturated rings. The predicted octanol–water partition coefficient (Wildman–Crippen LogP) is 2.83. The van der Waals surface area contributed by atoms with Crippen molar-refractivity contribution in [1.82, 2.24) is 4.90 Å². The largest absolute Gasteiger partial charge is 0.332 e. The first-order valence-corrected chi connectivity index (χ1v) is 9.33. The molecule has 0 aliphatic rings. The van der Waals surface area contributed by atoms with Crippen LogP contribution in [0.2, 0.25) is 0 Å². The van der Waals surface area contributed by atoms with Crippen molar-refractivity contribution in [3.63, 3.8) is 0 Å². The van der Waals surface area contributed by atoms with E-state index in [-0.39, 0.29) is 23.0 Å². The summed E-state index contributed by atoms with van der Waals surface area (Å²) in [5.41, 5.74) is 1.65.